The summed E-state index contributed by atoms with van der Waals surface area (Å²) in [5.41, 5.74) is 5.62. The van der Waals surface area contributed by atoms with Gasteiger partial charge < -0.3 is 15.8 Å². The molecule has 0 radical (unpaired) electrons. The summed E-state index contributed by atoms with van der Waals surface area (Å²) in [6.45, 7) is 3.62. The van der Waals surface area contributed by atoms with Crippen LogP contribution in [0.3, 0.4) is 0 Å². The molecular weight excluding hydrogens is 340 g/mol. The summed E-state index contributed by atoms with van der Waals surface area (Å²) < 4.78 is 33.2. The standard InChI is InChI=1S/C19H19F2N3O2/c1-3-4-5-6-10-26-15-9-7-8-14(16(15)20)23-19(25)13-11-12(2)17(21)24-18(13)22/h7-9,11H,3,6,10H2,1-2H3,(H2,22,24)(H,23,25). The molecule has 0 unspecified atom stereocenters. The number of halogens is 2. The van der Waals surface area contributed by atoms with E-state index >= 15 is 0 Å². The summed E-state index contributed by atoms with van der Waals surface area (Å²) in [4.78, 5) is 15.8. The normalized spacial score (nSPS) is 10.0. The van der Waals surface area contributed by atoms with E-state index in [4.69, 9.17) is 10.5 Å². The first-order chi connectivity index (χ1) is 12.4. The van der Waals surface area contributed by atoms with Crippen molar-refractivity contribution in [3.63, 3.8) is 0 Å². The van der Waals surface area contributed by atoms with E-state index in [-0.39, 0.29) is 35.0 Å². The van der Waals surface area contributed by atoms with E-state index in [1.54, 1.807) is 6.07 Å². The molecule has 0 aliphatic carbocycles. The van der Waals surface area contributed by atoms with Gasteiger partial charge in [0.05, 0.1) is 17.9 Å². The molecule has 2 rings (SSSR count). The fourth-order valence-corrected chi connectivity index (χ4v) is 2.12. The summed E-state index contributed by atoms with van der Waals surface area (Å²) in [5, 5.41) is 2.40. The molecule has 0 bridgehead atoms. The fourth-order valence-electron chi connectivity index (χ4n) is 2.12. The van der Waals surface area contributed by atoms with Crippen molar-refractivity contribution in [1.82, 2.24) is 4.98 Å². The maximum absolute atomic E-state index is 14.5. The van der Waals surface area contributed by atoms with Crippen LogP contribution in [0.15, 0.2) is 24.3 Å². The lowest BCUT2D eigenvalue weighted by molar-refractivity contribution is 0.102. The molecule has 136 valence electrons. The number of anilines is 2. The molecule has 0 spiro atoms. The molecule has 0 fully saturated rings. The Bertz CT molecular complexity index is 873. The molecule has 5 nitrogen and oxygen atoms in total. The number of aryl methyl sites for hydroxylation is 1. The molecule has 0 saturated carbocycles. The van der Waals surface area contributed by atoms with E-state index in [1.165, 1.54) is 25.1 Å². The number of carbonyl (C=O) groups is 1. The third kappa shape index (κ3) is 4.70. The maximum atomic E-state index is 14.5. The van der Waals surface area contributed by atoms with Gasteiger partial charge in [-0.05, 0) is 25.1 Å². The van der Waals surface area contributed by atoms with Crippen LogP contribution in [0, 0.1) is 30.5 Å². The molecule has 0 aliphatic rings. The van der Waals surface area contributed by atoms with Crippen molar-refractivity contribution >= 4 is 17.4 Å². The lowest BCUT2D eigenvalue weighted by Gasteiger charge is -2.11. The minimum Gasteiger partial charge on any atom is -0.489 e. The van der Waals surface area contributed by atoms with Crippen LogP contribution in [0.1, 0.15) is 35.7 Å². The maximum Gasteiger partial charge on any atom is 0.259 e. The number of nitrogens with one attached hydrogen (secondary N) is 1. The average Bonchev–Trinajstić information content (AvgIpc) is 2.60. The van der Waals surface area contributed by atoms with Gasteiger partial charge in [-0.25, -0.2) is 9.37 Å². The van der Waals surface area contributed by atoms with Gasteiger partial charge in [0.15, 0.2) is 11.6 Å². The topological polar surface area (TPSA) is 77.2 Å². The number of rotatable bonds is 5. The van der Waals surface area contributed by atoms with Crippen LogP contribution in [0.25, 0.3) is 0 Å². The SMILES string of the molecule is CCC#CCCOc1cccc(NC(=O)c2cc(C)c(F)nc2N)c1F. The van der Waals surface area contributed by atoms with Gasteiger partial charge in [-0.3, -0.25) is 4.79 Å². The van der Waals surface area contributed by atoms with Crippen molar-refractivity contribution in [1.29, 1.82) is 0 Å². The third-order valence-corrected chi connectivity index (χ3v) is 3.42. The Hall–Kier alpha value is -3.14. The molecule has 0 atom stereocenters. The van der Waals surface area contributed by atoms with Crippen molar-refractivity contribution < 1.29 is 18.3 Å². The van der Waals surface area contributed by atoms with Gasteiger partial charge in [0.25, 0.3) is 5.91 Å². The summed E-state index contributed by atoms with van der Waals surface area (Å²) in [6.07, 6.45) is 1.22. The summed E-state index contributed by atoms with van der Waals surface area (Å²) in [5.74, 6) is 3.35. The molecule has 7 heteroatoms. The Morgan fingerprint density at radius 3 is 2.85 bits per heavy atom. The number of amides is 1. The first-order valence-electron chi connectivity index (χ1n) is 8.05. The molecule has 1 heterocycles. The summed E-state index contributed by atoms with van der Waals surface area (Å²) >= 11 is 0. The second kappa shape index (κ2) is 8.81. The van der Waals surface area contributed by atoms with Gasteiger partial charge in [-0.2, -0.15) is 4.39 Å². The number of ether oxygens (including phenoxy) is 1. The average molecular weight is 359 g/mol. The molecule has 1 aromatic heterocycles. The van der Waals surface area contributed by atoms with Crippen molar-refractivity contribution in [3.05, 3.63) is 47.2 Å². The molecule has 0 aliphatic heterocycles. The van der Waals surface area contributed by atoms with Crippen molar-refractivity contribution in [2.45, 2.75) is 26.7 Å². The van der Waals surface area contributed by atoms with Crippen molar-refractivity contribution in [3.8, 4) is 17.6 Å². The fraction of sp³-hybridized carbons (Fsp3) is 0.263. The minimum absolute atomic E-state index is 0.00230. The molecule has 0 saturated heterocycles. The highest BCUT2D eigenvalue weighted by Gasteiger charge is 2.17. The Morgan fingerprint density at radius 1 is 1.35 bits per heavy atom. The van der Waals surface area contributed by atoms with E-state index in [1.807, 2.05) is 6.92 Å². The van der Waals surface area contributed by atoms with Crippen LogP contribution < -0.4 is 15.8 Å². The van der Waals surface area contributed by atoms with Gasteiger partial charge in [-0.1, -0.05) is 18.9 Å². The molecule has 26 heavy (non-hydrogen) atoms. The summed E-state index contributed by atoms with van der Waals surface area (Å²) in [7, 11) is 0. The monoisotopic (exact) mass is 359 g/mol. The number of benzene rings is 1. The second-order valence-electron chi connectivity index (χ2n) is 5.41. The molecule has 1 aromatic carbocycles. The highest BCUT2D eigenvalue weighted by molar-refractivity contribution is 6.07. The molecule has 3 N–H and O–H groups in total. The quantitative estimate of drug-likeness (QED) is 0.485. The number of nitrogens with zero attached hydrogens (tertiary/aromatic N) is 1. The van der Waals surface area contributed by atoms with Crippen LogP contribution in [0.5, 0.6) is 5.75 Å². The lowest BCUT2D eigenvalue weighted by atomic mass is 10.1. The number of nitrogen functional groups attached to an aromatic ring is 1. The number of aromatic nitrogens is 1. The third-order valence-electron chi connectivity index (χ3n) is 3.42. The first-order valence-corrected chi connectivity index (χ1v) is 8.05. The highest BCUT2D eigenvalue weighted by atomic mass is 19.1. The van der Waals surface area contributed by atoms with Gasteiger partial charge in [0.1, 0.15) is 5.82 Å². The van der Waals surface area contributed by atoms with Crippen molar-refractivity contribution in [2.75, 3.05) is 17.7 Å². The Morgan fingerprint density at radius 2 is 2.12 bits per heavy atom. The van der Waals surface area contributed by atoms with E-state index in [0.29, 0.717) is 6.42 Å². The second-order valence-corrected chi connectivity index (χ2v) is 5.41. The lowest BCUT2D eigenvalue weighted by Crippen LogP contribution is -2.17. The van der Waals surface area contributed by atoms with E-state index in [0.717, 1.165) is 6.42 Å². The van der Waals surface area contributed by atoms with Gasteiger partial charge in [0, 0.05) is 18.4 Å². The highest BCUT2D eigenvalue weighted by Crippen LogP contribution is 2.25. The number of carbonyl (C=O) groups excluding carboxylic acids is 1. The van der Waals surface area contributed by atoms with Gasteiger partial charge >= 0.3 is 0 Å². The van der Waals surface area contributed by atoms with Crippen LogP contribution in [-0.2, 0) is 0 Å². The smallest absolute Gasteiger partial charge is 0.259 e. The van der Waals surface area contributed by atoms with Gasteiger partial charge in [0.2, 0.25) is 5.95 Å². The zero-order valence-corrected chi connectivity index (χ0v) is 14.5. The first kappa shape index (κ1) is 19.2. The van der Waals surface area contributed by atoms with Crippen LogP contribution in [-0.4, -0.2) is 17.5 Å². The Labute approximate surface area is 150 Å². The van der Waals surface area contributed by atoms with Crippen LogP contribution in [0.2, 0.25) is 0 Å². The zero-order chi connectivity index (χ0) is 19.1. The summed E-state index contributed by atoms with van der Waals surface area (Å²) in [6, 6.07) is 5.65. The predicted octanol–water partition coefficient (Wildman–Crippen LogP) is 3.69. The molecule has 2 aromatic rings. The number of pyridine rings is 1. The van der Waals surface area contributed by atoms with Crippen LogP contribution >= 0.6 is 0 Å². The number of nitrogens with two attached hydrogens (primary N) is 1. The number of hydrogen-bond donors (Lipinski definition) is 2. The number of hydrogen-bond acceptors (Lipinski definition) is 4. The molecular formula is C19H19F2N3O2. The Balaban J connectivity index is 2.13. The van der Waals surface area contributed by atoms with Crippen molar-refractivity contribution in [2.24, 2.45) is 0 Å². The van der Waals surface area contributed by atoms with Gasteiger partial charge in [-0.15, -0.1) is 5.92 Å². The largest absolute Gasteiger partial charge is 0.489 e. The predicted molar refractivity (Wildman–Crippen MR) is 95.9 cm³/mol. The molecule has 1 amide bonds. The van der Waals surface area contributed by atoms with Crippen LogP contribution in [0.4, 0.5) is 20.3 Å². The minimum atomic E-state index is -0.758. The van der Waals surface area contributed by atoms with E-state index in [2.05, 4.69) is 22.1 Å². The van der Waals surface area contributed by atoms with E-state index < -0.39 is 17.7 Å². The Kier molecular flexibility index (Phi) is 6.50. The van der Waals surface area contributed by atoms with E-state index in [9.17, 15) is 13.6 Å². The zero-order valence-electron chi connectivity index (χ0n) is 14.5.